The molecule has 0 radical (unpaired) electrons. The molecule has 0 bridgehead atoms. The number of anilines is 1. The fourth-order valence-corrected chi connectivity index (χ4v) is 5.07. The molecule has 6 nitrogen and oxygen atoms in total. The summed E-state index contributed by atoms with van der Waals surface area (Å²) in [5.74, 6) is -0.917. The lowest BCUT2D eigenvalue weighted by Crippen LogP contribution is -2.45. The predicted molar refractivity (Wildman–Crippen MR) is 125 cm³/mol. The average molecular weight is 491 g/mol. The minimum absolute atomic E-state index is 0.00407. The zero-order chi connectivity index (χ0) is 25.2. The number of carboxylic acids is 1. The van der Waals surface area contributed by atoms with Gasteiger partial charge in [-0.2, -0.15) is 13.2 Å². The molecule has 1 heterocycles. The number of halogens is 3. The van der Waals surface area contributed by atoms with Crippen molar-refractivity contribution >= 4 is 17.6 Å². The highest BCUT2D eigenvalue weighted by atomic mass is 19.4. The molecule has 4 rings (SSSR count). The summed E-state index contributed by atoms with van der Waals surface area (Å²) in [6.07, 6.45) is -0.647. The molecule has 1 saturated carbocycles. The van der Waals surface area contributed by atoms with E-state index in [1.165, 1.54) is 6.07 Å². The summed E-state index contributed by atoms with van der Waals surface area (Å²) in [5.41, 5.74) is 1.81. The van der Waals surface area contributed by atoms with Crippen molar-refractivity contribution in [2.45, 2.75) is 63.3 Å². The lowest BCUT2D eigenvalue weighted by molar-refractivity contribution is -0.139. The van der Waals surface area contributed by atoms with Crippen LogP contribution in [0.3, 0.4) is 0 Å². The third-order valence-electron chi connectivity index (χ3n) is 6.86. The van der Waals surface area contributed by atoms with E-state index in [1.807, 2.05) is 0 Å². The minimum Gasteiger partial charge on any atom is -0.489 e. The first-order chi connectivity index (χ1) is 16.7. The number of amides is 1. The molecule has 35 heavy (non-hydrogen) atoms. The number of aliphatic carboxylic acids is 1. The van der Waals surface area contributed by atoms with Gasteiger partial charge in [0.05, 0.1) is 18.0 Å². The van der Waals surface area contributed by atoms with E-state index in [9.17, 15) is 22.8 Å². The van der Waals surface area contributed by atoms with Gasteiger partial charge in [-0.15, -0.1) is 0 Å². The molecule has 1 amide bonds. The molecule has 1 fully saturated rings. The highest BCUT2D eigenvalue weighted by Gasteiger charge is 2.36. The van der Waals surface area contributed by atoms with E-state index in [2.05, 4.69) is 5.32 Å². The maximum absolute atomic E-state index is 13.7. The van der Waals surface area contributed by atoms with Gasteiger partial charge in [-0.25, -0.2) is 0 Å². The van der Waals surface area contributed by atoms with Crippen LogP contribution < -0.4 is 15.0 Å². The SMILES string of the molecule is CN[C@H](CC(=O)O)C(=O)N1CCc2cc(OCc3ccc(C4CCCC4)c(C(F)(F)F)c3)ccc21. The largest absolute Gasteiger partial charge is 0.489 e. The van der Waals surface area contributed by atoms with Crippen molar-refractivity contribution in [1.82, 2.24) is 5.32 Å². The van der Waals surface area contributed by atoms with Gasteiger partial charge in [0.1, 0.15) is 12.4 Å². The van der Waals surface area contributed by atoms with Gasteiger partial charge < -0.3 is 20.1 Å². The van der Waals surface area contributed by atoms with E-state index in [1.54, 1.807) is 42.3 Å². The van der Waals surface area contributed by atoms with Crippen LogP contribution in [0.5, 0.6) is 5.75 Å². The second-order valence-corrected chi connectivity index (χ2v) is 9.16. The maximum Gasteiger partial charge on any atom is 0.416 e. The molecule has 2 aromatic rings. The summed E-state index contributed by atoms with van der Waals surface area (Å²) in [6, 6.07) is 8.86. The number of rotatable bonds is 8. The normalized spacial score (nSPS) is 16.9. The number of likely N-dealkylation sites (N-methyl/N-ethyl adjacent to an activating group) is 1. The van der Waals surface area contributed by atoms with Crippen LogP contribution in [0.25, 0.3) is 0 Å². The van der Waals surface area contributed by atoms with Crippen LogP contribution in [0.1, 0.15) is 60.3 Å². The van der Waals surface area contributed by atoms with Crippen molar-refractivity contribution in [3.63, 3.8) is 0 Å². The van der Waals surface area contributed by atoms with Crippen LogP contribution in [-0.2, 0) is 28.8 Å². The fourth-order valence-electron chi connectivity index (χ4n) is 5.07. The van der Waals surface area contributed by atoms with Crippen molar-refractivity contribution in [2.24, 2.45) is 0 Å². The van der Waals surface area contributed by atoms with Gasteiger partial charge in [0.2, 0.25) is 5.91 Å². The Morgan fingerprint density at radius 1 is 1.17 bits per heavy atom. The van der Waals surface area contributed by atoms with E-state index in [0.29, 0.717) is 35.5 Å². The standard InChI is InChI=1S/C26H29F3N2O4/c1-30-22(14-24(32)33)25(34)31-11-10-18-13-19(7-9-23(18)31)35-15-16-6-8-20(17-4-2-3-5-17)21(12-16)26(27,28)29/h6-9,12-13,17,22,30H,2-5,10-11,14-15H2,1H3,(H,32,33)/t22-/m1/s1. The van der Waals surface area contributed by atoms with Gasteiger partial charge in [-0.3, -0.25) is 9.59 Å². The number of carbonyl (C=O) groups is 2. The summed E-state index contributed by atoms with van der Waals surface area (Å²) in [5, 5.41) is 11.8. The van der Waals surface area contributed by atoms with Crippen LogP contribution in [0.15, 0.2) is 36.4 Å². The summed E-state index contributed by atoms with van der Waals surface area (Å²) >= 11 is 0. The molecule has 1 aliphatic heterocycles. The Labute approximate surface area is 202 Å². The number of nitrogens with one attached hydrogen (secondary N) is 1. The number of ether oxygens (including phenoxy) is 1. The molecule has 9 heteroatoms. The topological polar surface area (TPSA) is 78.9 Å². The van der Waals surface area contributed by atoms with Crippen LogP contribution in [0, 0.1) is 0 Å². The Hall–Kier alpha value is -3.07. The molecule has 2 N–H and O–H groups in total. The Morgan fingerprint density at radius 2 is 1.91 bits per heavy atom. The summed E-state index contributed by atoms with van der Waals surface area (Å²) < 4.78 is 47.0. The molecule has 188 valence electrons. The molecular formula is C26H29F3N2O4. The summed E-state index contributed by atoms with van der Waals surface area (Å²) in [4.78, 5) is 25.4. The zero-order valence-electron chi connectivity index (χ0n) is 19.5. The highest BCUT2D eigenvalue weighted by molar-refractivity contribution is 6.00. The first kappa shape index (κ1) is 25.0. The van der Waals surface area contributed by atoms with Gasteiger partial charge in [-0.05, 0) is 73.2 Å². The van der Waals surface area contributed by atoms with E-state index < -0.39 is 23.8 Å². The van der Waals surface area contributed by atoms with Crippen molar-refractivity contribution in [2.75, 3.05) is 18.5 Å². The monoisotopic (exact) mass is 490 g/mol. The van der Waals surface area contributed by atoms with Gasteiger partial charge in [0.15, 0.2) is 0 Å². The zero-order valence-corrected chi connectivity index (χ0v) is 19.5. The van der Waals surface area contributed by atoms with Crippen LogP contribution >= 0.6 is 0 Å². The van der Waals surface area contributed by atoms with Crippen LogP contribution in [0.4, 0.5) is 18.9 Å². The molecule has 0 saturated heterocycles. The van der Waals surface area contributed by atoms with Crippen molar-refractivity contribution in [1.29, 1.82) is 0 Å². The Morgan fingerprint density at radius 3 is 2.57 bits per heavy atom. The molecule has 2 aliphatic rings. The molecule has 2 aromatic carbocycles. The fraction of sp³-hybridized carbons (Fsp3) is 0.462. The first-order valence-electron chi connectivity index (χ1n) is 11.8. The summed E-state index contributed by atoms with van der Waals surface area (Å²) in [6.45, 7) is 0.420. The number of carboxylic acid groups (broad SMARTS) is 1. The van der Waals surface area contributed by atoms with Crippen molar-refractivity contribution in [3.05, 3.63) is 58.7 Å². The summed E-state index contributed by atoms with van der Waals surface area (Å²) in [7, 11) is 1.55. The van der Waals surface area contributed by atoms with Gasteiger partial charge in [-0.1, -0.05) is 25.0 Å². The van der Waals surface area contributed by atoms with E-state index in [4.69, 9.17) is 9.84 Å². The molecule has 1 atom stereocenters. The minimum atomic E-state index is -4.41. The number of benzene rings is 2. The van der Waals surface area contributed by atoms with E-state index >= 15 is 0 Å². The van der Waals surface area contributed by atoms with E-state index in [-0.39, 0.29) is 24.9 Å². The van der Waals surface area contributed by atoms with Gasteiger partial charge >= 0.3 is 12.1 Å². The lowest BCUT2D eigenvalue weighted by atomic mass is 9.91. The predicted octanol–water partition coefficient (Wildman–Crippen LogP) is 4.89. The molecule has 1 aliphatic carbocycles. The Kier molecular flexibility index (Phi) is 7.35. The van der Waals surface area contributed by atoms with Gasteiger partial charge in [0.25, 0.3) is 0 Å². The van der Waals surface area contributed by atoms with Crippen LogP contribution in [0.2, 0.25) is 0 Å². The van der Waals surface area contributed by atoms with E-state index in [0.717, 1.165) is 31.2 Å². The highest BCUT2D eigenvalue weighted by Crippen LogP contribution is 2.42. The third kappa shape index (κ3) is 5.61. The van der Waals surface area contributed by atoms with Gasteiger partial charge in [0, 0.05) is 12.2 Å². The Bertz CT molecular complexity index is 1100. The van der Waals surface area contributed by atoms with Crippen LogP contribution in [-0.4, -0.2) is 36.6 Å². The number of carbonyl (C=O) groups excluding carboxylic acids is 1. The number of hydrogen-bond donors (Lipinski definition) is 2. The molecular weight excluding hydrogens is 461 g/mol. The average Bonchev–Trinajstić information content (AvgIpc) is 3.50. The third-order valence-corrected chi connectivity index (χ3v) is 6.86. The molecule has 0 aromatic heterocycles. The first-order valence-corrected chi connectivity index (χ1v) is 11.8. The van der Waals surface area contributed by atoms with Crippen molar-refractivity contribution < 1.29 is 32.6 Å². The number of alkyl halides is 3. The second-order valence-electron chi connectivity index (χ2n) is 9.16. The number of fused-ring (bicyclic) bond motifs is 1. The molecule has 0 spiro atoms. The quantitative estimate of drug-likeness (QED) is 0.551. The second kappa shape index (κ2) is 10.3. The lowest BCUT2D eigenvalue weighted by Gasteiger charge is -2.23. The molecule has 0 unspecified atom stereocenters. The number of nitrogens with zero attached hydrogens (tertiary/aromatic N) is 1. The Balaban J connectivity index is 1.46. The van der Waals surface area contributed by atoms with Crippen molar-refractivity contribution in [3.8, 4) is 5.75 Å². The number of hydrogen-bond acceptors (Lipinski definition) is 4. The smallest absolute Gasteiger partial charge is 0.416 e. The maximum atomic E-state index is 13.7.